The number of Topliss-reactive ketones (excluding diaryl/α,β-unsaturated/α-hetero) is 1. The first-order valence-corrected chi connectivity index (χ1v) is 9.08. The fraction of sp³-hybridized carbons (Fsp3) is 0.474. The highest BCUT2D eigenvalue weighted by molar-refractivity contribution is 6.11. The van der Waals surface area contributed by atoms with Crippen molar-refractivity contribution in [1.29, 1.82) is 0 Å². The first kappa shape index (κ1) is 16.8. The summed E-state index contributed by atoms with van der Waals surface area (Å²) >= 11 is 0. The van der Waals surface area contributed by atoms with Crippen LogP contribution < -0.4 is 10.2 Å². The molecule has 26 heavy (non-hydrogen) atoms. The molecule has 136 valence electrons. The van der Waals surface area contributed by atoms with E-state index in [2.05, 4.69) is 5.32 Å². The van der Waals surface area contributed by atoms with Crippen LogP contribution in [0.3, 0.4) is 0 Å². The quantitative estimate of drug-likeness (QED) is 0.660. The average molecular weight is 355 g/mol. The number of amides is 4. The molecule has 1 N–H and O–H groups in total. The number of urea groups is 1. The molecular formula is C19H21N3O4. The van der Waals surface area contributed by atoms with E-state index >= 15 is 0 Å². The monoisotopic (exact) mass is 355 g/mol. The summed E-state index contributed by atoms with van der Waals surface area (Å²) in [5.41, 5.74) is 0.277. The predicted octanol–water partition coefficient (Wildman–Crippen LogP) is 1.86. The molecule has 0 unspecified atom stereocenters. The molecule has 0 aromatic heterocycles. The van der Waals surface area contributed by atoms with Crippen molar-refractivity contribution >= 4 is 29.3 Å². The van der Waals surface area contributed by atoms with Crippen LogP contribution in [-0.4, -0.2) is 47.2 Å². The van der Waals surface area contributed by atoms with E-state index in [9.17, 15) is 19.2 Å². The first-order chi connectivity index (χ1) is 12.5. The summed E-state index contributed by atoms with van der Waals surface area (Å²) in [4.78, 5) is 52.1. The summed E-state index contributed by atoms with van der Waals surface area (Å²) in [6.45, 7) is 0.371. The van der Waals surface area contributed by atoms with Gasteiger partial charge in [-0.1, -0.05) is 25.0 Å². The second kappa shape index (κ2) is 6.23. The van der Waals surface area contributed by atoms with Gasteiger partial charge in [0.15, 0.2) is 5.78 Å². The van der Waals surface area contributed by atoms with Gasteiger partial charge in [0.2, 0.25) is 5.91 Å². The zero-order valence-corrected chi connectivity index (χ0v) is 14.5. The van der Waals surface area contributed by atoms with E-state index in [0.29, 0.717) is 37.1 Å². The van der Waals surface area contributed by atoms with Crippen molar-refractivity contribution in [3.8, 4) is 0 Å². The van der Waals surface area contributed by atoms with Crippen LogP contribution in [0.15, 0.2) is 24.3 Å². The maximum Gasteiger partial charge on any atom is 0.325 e. The topological polar surface area (TPSA) is 86.8 Å². The number of hydrogen-bond donors (Lipinski definition) is 1. The van der Waals surface area contributed by atoms with Crippen LogP contribution in [0.25, 0.3) is 0 Å². The molecule has 1 aromatic rings. The minimum atomic E-state index is -0.804. The van der Waals surface area contributed by atoms with Crippen LogP contribution in [0, 0.1) is 0 Å². The predicted molar refractivity (Wildman–Crippen MR) is 93.8 cm³/mol. The van der Waals surface area contributed by atoms with Gasteiger partial charge in [-0.25, -0.2) is 4.79 Å². The fourth-order valence-electron chi connectivity index (χ4n) is 4.14. The van der Waals surface area contributed by atoms with E-state index in [-0.39, 0.29) is 24.1 Å². The van der Waals surface area contributed by atoms with E-state index in [1.54, 1.807) is 29.2 Å². The average Bonchev–Trinajstić information content (AvgIpc) is 3.33. The smallest absolute Gasteiger partial charge is 0.323 e. The third-order valence-corrected chi connectivity index (χ3v) is 5.56. The van der Waals surface area contributed by atoms with Gasteiger partial charge in [-0.2, -0.15) is 0 Å². The number of benzene rings is 1. The molecule has 2 heterocycles. The van der Waals surface area contributed by atoms with Gasteiger partial charge in [0, 0.05) is 24.2 Å². The SMILES string of the molecule is O=C(CN1C(=O)NC2(CCCC2)C1=O)c1cccc(N2CCCC2=O)c1. The Balaban J connectivity index is 1.51. The van der Waals surface area contributed by atoms with E-state index < -0.39 is 11.6 Å². The number of nitrogens with one attached hydrogen (secondary N) is 1. The Bertz CT molecular complexity index is 798. The molecule has 2 saturated heterocycles. The Morgan fingerprint density at radius 3 is 2.58 bits per heavy atom. The number of rotatable bonds is 4. The second-order valence-electron chi connectivity index (χ2n) is 7.23. The van der Waals surface area contributed by atoms with Gasteiger partial charge in [-0.15, -0.1) is 0 Å². The van der Waals surface area contributed by atoms with Crippen LogP contribution >= 0.6 is 0 Å². The standard InChI is InChI=1S/C19H21N3O4/c23-15(12-22-17(25)19(20-18(22)26)8-1-2-9-19)13-5-3-6-14(11-13)21-10-4-7-16(21)24/h3,5-6,11H,1-2,4,7-10,12H2,(H,20,26). The largest absolute Gasteiger partial charge is 0.325 e. The third-order valence-electron chi connectivity index (χ3n) is 5.56. The Morgan fingerprint density at radius 2 is 1.88 bits per heavy atom. The zero-order chi connectivity index (χ0) is 18.3. The summed E-state index contributed by atoms with van der Waals surface area (Å²) in [6.07, 6.45) is 4.40. The van der Waals surface area contributed by atoms with Gasteiger partial charge in [0.25, 0.3) is 5.91 Å². The third kappa shape index (κ3) is 2.67. The normalized spacial score (nSPS) is 21.8. The van der Waals surface area contributed by atoms with Crippen molar-refractivity contribution in [2.45, 2.75) is 44.1 Å². The molecule has 3 aliphatic rings. The fourth-order valence-corrected chi connectivity index (χ4v) is 4.14. The number of carbonyl (C=O) groups excluding carboxylic acids is 4. The van der Waals surface area contributed by atoms with Crippen molar-refractivity contribution in [1.82, 2.24) is 10.2 Å². The minimum absolute atomic E-state index is 0.0480. The molecule has 7 nitrogen and oxygen atoms in total. The number of nitrogens with zero attached hydrogens (tertiary/aromatic N) is 2. The van der Waals surface area contributed by atoms with Gasteiger partial charge in [0.05, 0.1) is 6.54 Å². The van der Waals surface area contributed by atoms with Crippen LogP contribution in [0.4, 0.5) is 10.5 Å². The Hall–Kier alpha value is -2.70. The van der Waals surface area contributed by atoms with E-state index in [1.807, 2.05) is 0 Å². The molecule has 4 amide bonds. The molecule has 1 saturated carbocycles. The van der Waals surface area contributed by atoms with Crippen molar-refractivity contribution in [2.24, 2.45) is 0 Å². The van der Waals surface area contributed by atoms with E-state index in [1.165, 1.54) is 0 Å². The van der Waals surface area contributed by atoms with Gasteiger partial charge >= 0.3 is 6.03 Å². The maximum atomic E-state index is 12.7. The first-order valence-electron chi connectivity index (χ1n) is 9.08. The lowest BCUT2D eigenvalue weighted by atomic mass is 9.98. The number of carbonyl (C=O) groups is 4. The maximum absolute atomic E-state index is 12.7. The number of imide groups is 1. The van der Waals surface area contributed by atoms with Crippen molar-refractivity contribution in [3.05, 3.63) is 29.8 Å². The van der Waals surface area contributed by atoms with Crippen LogP contribution in [0.2, 0.25) is 0 Å². The lowest BCUT2D eigenvalue weighted by Crippen LogP contribution is -2.44. The van der Waals surface area contributed by atoms with Crippen molar-refractivity contribution in [2.75, 3.05) is 18.0 Å². The van der Waals surface area contributed by atoms with E-state index in [4.69, 9.17) is 0 Å². The molecule has 0 atom stereocenters. The molecule has 1 spiro atoms. The van der Waals surface area contributed by atoms with Gasteiger partial charge in [0.1, 0.15) is 5.54 Å². The van der Waals surface area contributed by atoms with Gasteiger partial charge in [-0.3, -0.25) is 19.3 Å². The Kier molecular flexibility index (Phi) is 4.01. The molecular weight excluding hydrogens is 334 g/mol. The summed E-state index contributed by atoms with van der Waals surface area (Å²) in [5, 5.41) is 2.78. The molecule has 1 aromatic carbocycles. The summed E-state index contributed by atoms with van der Waals surface area (Å²) < 4.78 is 0. The summed E-state index contributed by atoms with van der Waals surface area (Å²) in [5.74, 6) is -0.553. The van der Waals surface area contributed by atoms with Crippen LogP contribution in [-0.2, 0) is 9.59 Å². The molecule has 3 fully saturated rings. The molecule has 0 radical (unpaired) electrons. The molecule has 2 aliphatic heterocycles. The van der Waals surface area contributed by atoms with Crippen molar-refractivity contribution in [3.63, 3.8) is 0 Å². The lowest BCUT2D eigenvalue weighted by Gasteiger charge is -2.20. The Morgan fingerprint density at radius 1 is 1.12 bits per heavy atom. The highest BCUT2D eigenvalue weighted by atomic mass is 16.2. The number of ketones is 1. The molecule has 7 heteroatoms. The second-order valence-corrected chi connectivity index (χ2v) is 7.23. The molecule has 1 aliphatic carbocycles. The lowest BCUT2D eigenvalue weighted by molar-refractivity contribution is -0.130. The highest BCUT2D eigenvalue weighted by Crippen LogP contribution is 2.35. The van der Waals surface area contributed by atoms with Gasteiger partial charge in [-0.05, 0) is 31.4 Å². The van der Waals surface area contributed by atoms with Crippen LogP contribution in [0.5, 0.6) is 0 Å². The number of hydrogen-bond acceptors (Lipinski definition) is 4. The van der Waals surface area contributed by atoms with Crippen molar-refractivity contribution < 1.29 is 19.2 Å². The van der Waals surface area contributed by atoms with E-state index in [0.717, 1.165) is 24.2 Å². The van der Waals surface area contributed by atoms with Gasteiger partial charge < -0.3 is 10.2 Å². The molecule has 0 bridgehead atoms. The summed E-state index contributed by atoms with van der Waals surface area (Å²) in [7, 11) is 0. The number of anilines is 1. The molecule has 4 rings (SSSR count). The zero-order valence-electron chi connectivity index (χ0n) is 14.5. The Labute approximate surface area is 151 Å². The minimum Gasteiger partial charge on any atom is -0.323 e. The summed E-state index contributed by atoms with van der Waals surface area (Å²) in [6, 6.07) is 6.33. The highest BCUT2D eigenvalue weighted by Gasteiger charge is 2.52. The van der Waals surface area contributed by atoms with Crippen LogP contribution in [0.1, 0.15) is 48.9 Å².